The summed E-state index contributed by atoms with van der Waals surface area (Å²) >= 11 is 0. The van der Waals surface area contributed by atoms with E-state index in [-0.39, 0.29) is 23.6 Å². The number of amidine groups is 1. The summed E-state index contributed by atoms with van der Waals surface area (Å²) in [6.45, 7) is 3.06. The van der Waals surface area contributed by atoms with E-state index in [4.69, 9.17) is 20.6 Å². The summed E-state index contributed by atoms with van der Waals surface area (Å²) in [7, 11) is 1.65. The van der Waals surface area contributed by atoms with Gasteiger partial charge in [-0.15, -0.1) is 0 Å². The molecule has 4 rings (SSSR count). The molecule has 31 heavy (non-hydrogen) atoms. The van der Waals surface area contributed by atoms with Crippen LogP contribution in [0.1, 0.15) is 41.9 Å². The number of nitrogens with two attached hydrogens (primary N) is 1. The number of hydrogen-bond donors (Lipinski definition) is 3. The molecule has 0 saturated carbocycles. The van der Waals surface area contributed by atoms with Crippen molar-refractivity contribution < 1.29 is 14.3 Å². The molecule has 1 aliphatic heterocycles. The number of carbonyl (C=O) groups is 1. The van der Waals surface area contributed by atoms with Crippen LogP contribution in [-0.4, -0.2) is 32.0 Å². The van der Waals surface area contributed by atoms with E-state index < -0.39 is 0 Å². The van der Waals surface area contributed by atoms with Crippen LogP contribution < -0.4 is 20.5 Å². The molecule has 6 heteroatoms. The molecular weight excluding hydrogens is 390 g/mol. The second-order valence-corrected chi connectivity index (χ2v) is 7.95. The monoisotopic (exact) mass is 417 g/mol. The Bertz CT molecular complexity index is 1140. The van der Waals surface area contributed by atoms with Crippen LogP contribution in [-0.2, 0) is 4.79 Å². The van der Waals surface area contributed by atoms with Crippen molar-refractivity contribution in [2.45, 2.75) is 25.2 Å². The molecule has 0 aliphatic carbocycles. The Labute approximate surface area is 181 Å². The smallest absolute Gasteiger partial charge is 0.227 e. The van der Waals surface area contributed by atoms with Gasteiger partial charge in [0.2, 0.25) is 5.91 Å². The predicted molar refractivity (Wildman–Crippen MR) is 122 cm³/mol. The number of fused-ring (bicyclic) bond motifs is 2. The normalized spacial score (nSPS) is 15.7. The van der Waals surface area contributed by atoms with E-state index in [1.807, 2.05) is 49.4 Å². The van der Waals surface area contributed by atoms with Gasteiger partial charge in [-0.05, 0) is 60.0 Å². The maximum atomic E-state index is 12.7. The molecule has 1 amide bonds. The Morgan fingerprint density at radius 1 is 1.19 bits per heavy atom. The molecule has 3 aromatic carbocycles. The highest BCUT2D eigenvalue weighted by molar-refractivity contribution is 5.95. The Hall–Kier alpha value is -3.54. The second-order valence-electron chi connectivity index (χ2n) is 7.95. The first kappa shape index (κ1) is 20.7. The van der Waals surface area contributed by atoms with Crippen molar-refractivity contribution in [1.82, 2.24) is 5.32 Å². The molecule has 1 heterocycles. The first-order valence-corrected chi connectivity index (χ1v) is 10.4. The van der Waals surface area contributed by atoms with E-state index >= 15 is 0 Å². The van der Waals surface area contributed by atoms with Gasteiger partial charge in [0.25, 0.3) is 0 Å². The number of methoxy groups -OCH3 is 1. The van der Waals surface area contributed by atoms with Crippen LogP contribution in [0, 0.1) is 5.41 Å². The van der Waals surface area contributed by atoms with E-state index in [0.29, 0.717) is 18.7 Å². The lowest BCUT2D eigenvalue weighted by Gasteiger charge is -2.15. The van der Waals surface area contributed by atoms with Gasteiger partial charge in [-0.2, -0.15) is 0 Å². The summed E-state index contributed by atoms with van der Waals surface area (Å²) in [6.07, 6.45) is 0.768. The van der Waals surface area contributed by atoms with Crippen LogP contribution in [0.3, 0.4) is 0 Å². The van der Waals surface area contributed by atoms with Gasteiger partial charge in [-0.25, -0.2) is 0 Å². The van der Waals surface area contributed by atoms with Gasteiger partial charge in [0.05, 0.1) is 19.6 Å². The maximum absolute atomic E-state index is 12.7. The molecule has 0 saturated heterocycles. The second kappa shape index (κ2) is 8.68. The number of benzene rings is 3. The lowest BCUT2D eigenvalue weighted by Crippen LogP contribution is -2.29. The lowest BCUT2D eigenvalue weighted by atomic mass is 9.95. The number of nitrogen functional groups attached to an aromatic ring is 1. The van der Waals surface area contributed by atoms with Crippen molar-refractivity contribution in [3.8, 4) is 11.5 Å². The first-order chi connectivity index (χ1) is 15.0. The van der Waals surface area contributed by atoms with E-state index in [9.17, 15) is 4.79 Å². The topological polar surface area (TPSA) is 97.4 Å². The van der Waals surface area contributed by atoms with Gasteiger partial charge in [0, 0.05) is 23.6 Å². The molecule has 3 aromatic rings. The van der Waals surface area contributed by atoms with E-state index in [1.54, 1.807) is 13.2 Å². The van der Waals surface area contributed by atoms with Gasteiger partial charge in [0.15, 0.2) is 0 Å². The standard InChI is InChI=1S/C25H27N3O3/c1-15(16-3-4-18-12-21(30-2)7-5-17(18)11-16)25(29)28-10-9-20-14-31-23-8-6-19(24(26)27)13-22(20)23/h3-8,11-13,15,20H,9-10,14H2,1-2H3,(H3,26,27)(H,28,29)/t15-,20?/m0/s1. The average Bonchev–Trinajstić information content (AvgIpc) is 3.19. The quantitative estimate of drug-likeness (QED) is 0.401. The molecular formula is C25H27N3O3. The Balaban J connectivity index is 1.37. The van der Waals surface area contributed by atoms with Crippen LogP contribution in [0.2, 0.25) is 0 Å². The third-order valence-electron chi connectivity index (χ3n) is 5.96. The molecule has 0 radical (unpaired) electrons. The molecule has 4 N–H and O–H groups in total. The number of hydrogen-bond acceptors (Lipinski definition) is 4. The molecule has 0 fully saturated rings. The minimum absolute atomic E-state index is 0.00415. The van der Waals surface area contributed by atoms with Crippen molar-refractivity contribution in [2.24, 2.45) is 5.73 Å². The maximum Gasteiger partial charge on any atom is 0.227 e. The molecule has 0 bridgehead atoms. The minimum Gasteiger partial charge on any atom is -0.497 e. The third-order valence-corrected chi connectivity index (χ3v) is 5.96. The van der Waals surface area contributed by atoms with Crippen LogP contribution >= 0.6 is 0 Å². The summed E-state index contributed by atoms with van der Waals surface area (Å²) in [5, 5.41) is 12.9. The molecule has 1 unspecified atom stereocenters. The van der Waals surface area contributed by atoms with Crippen molar-refractivity contribution in [3.63, 3.8) is 0 Å². The largest absolute Gasteiger partial charge is 0.497 e. The fraction of sp³-hybridized carbons (Fsp3) is 0.280. The van der Waals surface area contributed by atoms with Crippen molar-refractivity contribution in [3.05, 3.63) is 71.3 Å². The molecule has 0 spiro atoms. The summed E-state index contributed by atoms with van der Waals surface area (Å²) in [4.78, 5) is 12.7. The van der Waals surface area contributed by atoms with E-state index in [0.717, 1.165) is 39.8 Å². The SMILES string of the molecule is COc1ccc2cc([C@H](C)C(=O)NCCC3COc4ccc(C(=N)N)cc43)ccc2c1. The Kier molecular flexibility index (Phi) is 5.80. The molecule has 2 atom stereocenters. The van der Waals surface area contributed by atoms with Crippen LogP contribution in [0.4, 0.5) is 0 Å². The Morgan fingerprint density at radius 3 is 2.74 bits per heavy atom. The highest BCUT2D eigenvalue weighted by Crippen LogP contribution is 2.36. The van der Waals surface area contributed by atoms with E-state index in [2.05, 4.69) is 11.4 Å². The van der Waals surface area contributed by atoms with Crippen LogP contribution in [0.25, 0.3) is 10.8 Å². The summed E-state index contributed by atoms with van der Waals surface area (Å²) in [6, 6.07) is 17.6. The third kappa shape index (κ3) is 4.33. The van der Waals surface area contributed by atoms with Gasteiger partial charge >= 0.3 is 0 Å². The fourth-order valence-corrected chi connectivity index (χ4v) is 4.00. The fourth-order valence-electron chi connectivity index (χ4n) is 4.00. The zero-order chi connectivity index (χ0) is 22.0. The average molecular weight is 418 g/mol. The molecule has 0 aromatic heterocycles. The Morgan fingerprint density at radius 2 is 1.97 bits per heavy atom. The number of carbonyl (C=O) groups excluding carboxylic acids is 1. The van der Waals surface area contributed by atoms with Crippen molar-refractivity contribution in [2.75, 3.05) is 20.3 Å². The lowest BCUT2D eigenvalue weighted by molar-refractivity contribution is -0.122. The summed E-state index contributed by atoms with van der Waals surface area (Å²) < 4.78 is 11.0. The first-order valence-electron chi connectivity index (χ1n) is 10.4. The van der Waals surface area contributed by atoms with Crippen LogP contribution in [0.15, 0.2) is 54.6 Å². The highest BCUT2D eigenvalue weighted by Gasteiger charge is 2.25. The number of rotatable bonds is 7. The summed E-state index contributed by atoms with van der Waals surface area (Å²) in [5.41, 5.74) is 8.34. The number of ether oxygens (including phenoxy) is 2. The molecule has 6 nitrogen and oxygen atoms in total. The number of amides is 1. The van der Waals surface area contributed by atoms with Crippen molar-refractivity contribution in [1.29, 1.82) is 5.41 Å². The van der Waals surface area contributed by atoms with Crippen molar-refractivity contribution >= 4 is 22.5 Å². The van der Waals surface area contributed by atoms with Gasteiger partial charge in [0.1, 0.15) is 17.3 Å². The van der Waals surface area contributed by atoms with Crippen LogP contribution in [0.5, 0.6) is 11.5 Å². The zero-order valence-corrected chi connectivity index (χ0v) is 17.8. The van der Waals surface area contributed by atoms with E-state index in [1.165, 1.54) is 0 Å². The number of nitrogens with one attached hydrogen (secondary N) is 2. The van der Waals surface area contributed by atoms with Gasteiger partial charge in [-0.1, -0.05) is 24.3 Å². The van der Waals surface area contributed by atoms with Gasteiger partial charge < -0.3 is 20.5 Å². The highest BCUT2D eigenvalue weighted by atomic mass is 16.5. The van der Waals surface area contributed by atoms with Gasteiger partial charge in [-0.3, -0.25) is 10.2 Å². The molecule has 1 aliphatic rings. The minimum atomic E-state index is -0.247. The predicted octanol–water partition coefficient (Wildman–Crippen LogP) is 3.92. The molecule has 160 valence electrons. The zero-order valence-electron chi connectivity index (χ0n) is 17.8. The summed E-state index contributed by atoms with van der Waals surface area (Å²) in [5.74, 6) is 1.64.